The number of ketones is 2. The van der Waals surface area contributed by atoms with E-state index in [0.717, 1.165) is 6.42 Å². The van der Waals surface area contributed by atoms with Crippen molar-refractivity contribution in [2.24, 2.45) is 17.6 Å². The molecule has 0 saturated heterocycles. The maximum absolute atomic E-state index is 15.5. The molecule has 3 aliphatic carbocycles. The number of hydrogen-bond donors (Lipinski definition) is 6. The van der Waals surface area contributed by atoms with Crippen molar-refractivity contribution in [2.45, 2.75) is 44.4 Å². The summed E-state index contributed by atoms with van der Waals surface area (Å²) >= 11 is 0. The van der Waals surface area contributed by atoms with Gasteiger partial charge in [0, 0.05) is 29.2 Å². The first-order valence-corrected chi connectivity index (χ1v) is 11.8. The normalized spacial score (nSPS) is 27.8. The van der Waals surface area contributed by atoms with Crippen LogP contribution in [0.5, 0.6) is 5.75 Å². The van der Waals surface area contributed by atoms with Crippen LogP contribution in [0.15, 0.2) is 23.0 Å². The Hall–Kier alpha value is -3.28. The summed E-state index contributed by atoms with van der Waals surface area (Å²) in [6.07, 6.45) is 0.643. The first kappa shape index (κ1) is 25.8. The highest BCUT2D eigenvalue weighted by atomic mass is 19.1. The number of aliphatic hydroxyl groups is 3. The van der Waals surface area contributed by atoms with E-state index in [1.54, 1.807) is 0 Å². The molecule has 3 aliphatic rings. The third-order valence-corrected chi connectivity index (χ3v) is 7.47. The van der Waals surface area contributed by atoms with Crippen LogP contribution in [0.3, 0.4) is 0 Å². The number of phenols is 1. The smallest absolute Gasteiger partial charge is 0.255 e. The van der Waals surface area contributed by atoms with Crippen molar-refractivity contribution in [2.75, 3.05) is 20.6 Å². The lowest BCUT2D eigenvalue weighted by atomic mass is 9.57. The molecule has 0 unspecified atom stereocenters. The van der Waals surface area contributed by atoms with Crippen molar-refractivity contribution in [1.29, 1.82) is 0 Å². The molecule has 1 saturated carbocycles. The molecular formula is C25H30FN3O7. The first-order valence-electron chi connectivity index (χ1n) is 11.8. The predicted octanol–water partition coefficient (Wildman–Crippen LogP) is 0.603. The van der Waals surface area contributed by atoms with Gasteiger partial charge in [-0.2, -0.15) is 0 Å². The molecule has 0 heterocycles. The van der Waals surface area contributed by atoms with Crippen molar-refractivity contribution >= 4 is 23.2 Å². The zero-order valence-corrected chi connectivity index (χ0v) is 20.3. The van der Waals surface area contributed by atoms with Gasteiger partial charge in [-0.05, 0) is 51.9 Å². The van der Waals surface area contributed by atoms with Crippen LogP contribution in [0.4, 0.5) is 4.39 Å². The number of primary amides is 1. The van der Waals surface area contributed by atoms with Gasteiger partial charge in [0.05, 0.1) is 11.6 Å². The fourth-order valence-electron chi connectivity index (χ4n) is 5.88. The molecule has 1 amide bonds. The molecule has 1 fully saturated rings. The van der Waals surface area contributed by atoms with Crippen LogP contribution < -0.4 is 11.1 Å². The molecule has 1 aromatic rings. The summed E-state index contributed by atoms with van der Waals surface area (Å²) < 4.78 is 15.5. The summed E-state index contributed by atoms with van der Waals surface area (Å²) in [6, 6.07) is -0.0202. The van der Waals surface area contributed by atoms with E-state index in [-0.39, 0.29) is 41.6 Å². The van der Waals surface area contributed by atoms with E-state index in [2.05, 4.69) is 5.32 Å². The van der Waals surface area contributed by atoms with E-state index in [4.69, 9.17) is 5.73 Å². The number of nitrogens with two attached hydrogens (primary N) is 1. The van der Waals surface area contributed by atoms with Gasteiger partial charge in [-0.3, -0.25) is 19.3 Å². The molecule has 1 aromatic carbocycles. The molecule has 194 valence electrons. The minimum atomic E-state index is -2.72. The van der Waals surface area contributed by atoms with Crippen molar-refractivity contribution in [1.82, 2.24) is 10.2 Å². The summed E-state index contributed by atoms with van der Waals surface area (Å²) in [6.45, 7) is 2.74. The van der Waals surface area contributed by atoms with Crippen LogP contribution in [0.25, 0.3) is 5.76 Å². The second-order valence-corrected chi connectivity index (χ2v) is 9.86. The molecule has 0 spiro atoms. The number of amides is 1. The van der Waals surface area contributed by atoms with Crippen molar-refractivity contribution in [3.63, 3.8) is 0 Å². The monoisotopic (exact) mass is 503 g/mol. The number of aromatic hydroxyl groups is 1. The van der Waals surface area contributed by atoms with Gasteiger partial charge in [0.25, 0.3) is 5.91 Å². The number of halogens is 1. The lowest BCUT2D eigenvalue weighted by Crippen LogP contribution is -2.65. The van der Waals surface area contributed by atoms with Gasteiger partial charge >= 0.3 is 0 Å². The highest BCUT2D eigenvalue weighted by Gasteiger charge is 2.64. The average molecular weight is 504 g/mol. The summed E-state index contributed by atoms with van der Waals surface area (Å²) in [5, 5.41) is 47.1. The number of nitrogens with one attached hydrogen (secondary N) is 1. The summed E-state index contributed by atoms with van der Waals surface area (Å²) in [5.74, 6) is -8.24. The molecule has 0 radical (unpaired) electrons. The molecule has 11 heteroatoms. The molecule has 4 rings (SSSR count). The Kier molecular flexibility index (Phi) is 6.44. The number of Topliss-reactive ketones (excluding diaryl/α,β-unsaturated/α-hetero) is 2. The lowest BCUT2D eigenvalue weighted by molar-refractivity contribution is -0.153. The number of carbonyl (C=O) groups excluding carboxylic acids is 3. The molecular weight excluding hydrogens is 473 g/mol. The number of likely N-dealkylation sites (N-methyl/N-ethyl adjacent to an activating group) is 1. The average Bonchev–Trinajstić information content (AvgIpc) is 2.79. The van der Waals surface area contributed by atoms with Crippen LogP contribution in [0, 0.1) is 17.7 Å². The maximum atomic E-state index is 15.5. The maximum Gasteiger partial charge on any atom is 0.255 e. The number of phenolic OH excluding ortho intramolecular Hbond substituents is 1. The minimum absolute atomic E-state index is 0.0221. The zero-order chi connectivity index (χ0) is 26.7. The van der Waals surface area contributed by atoms with Gasteiger partial charge in [-0.15, -0.1) is 0 Å². The zero-order valence-electron chi connectivity index (χ0n) is 20.3. The number of nitrogens with zero attached hydrogens (tertiary/aromatic N) is 1. The van der Waals surface area contributed by atoms with Gasteiger partial charge in [-0.1, -0.05) is 6.92 Å². The van der Waals surface area contributed by atoms with Crippen LogP contribution in [-0.2, 0) is 27.3 Å². The van der Waals surface area contributed by atoms with E-state index < -0.39 is 69.6 Å². The van der Waals surface area contributed by atoms with Crippen LogP contribution in [0.2, 0.25) is 0 Å². The van der Waals surface area contributed by atoms with Gasteiger partial charge in [0.2, 0.25) is 5.78 Å². The number of aliphatic hydroxyl groups excluding tert-OH is 2. The molecule has 7 N–H and O–H groups in total. The number of fused-ring (bicyclic) bond motifs is 3. The molecule has 0 aliphatic heterocycles. The highest BCUT2D eigenvalue weighted by Crippen LogP contribution is 2.53. The summed E-state index contributed by atoms with van der Waals surface area (Å²) in [5.41, 5.74) is 1.34. The Morgan fingerprint density at radius 1 is 1.28 bits per heavy atom. The van der Waals surface area contributed by atoms with E-state index in [1.165, 1.54) is 25.1 Å². The van der Waals surface area contributed by atoms with Crippen LogP contribution >= 0.6 is 0 Å². The standard InChI is InChI=1S/C25H30FN3O7/c1-4-5-28-9-11-8-14(30)16-12(18(11)26)6-10-7-13-19(29(2)3)21(32)17(24(27)35)23(34)25(13,36)22(33)15(10)20(16)31/h8,10,13,19,28,30-31,34,36H,4-7,9H2,1-3H3,(H2,27,35)/t10-,13-,19-,25-/m0/s1. The molecule has 0 bridgehead atoms. The number of carbonyl (C=O) groups is 3. The van der Waals surface area contributed by atoms with Crippen molar-refractivity contribution < 1.29 is 39.2 Å². The van der Waals surface area contributed by atoms with Crippen LogP contribution in [-0.4, -0.2) is 75.1 Å². The third-order valence-electron chi connectivity index (χ3n) is 7.47. The van der Waals surface area contributed by atoms with Crippen molar-refractivity contribution in [3.05, 3.63) is 45.5 Å². The molecule has 36 heavy (non-hydrogen) atoms. The quantitative estimate of drug-likeness (QED) is 0.240. The fraction of sp³-hybridized carbons (Fsp3) is 0.480. The number of benzene rings is 1. The molecule has 0 aromatic heterocycles. The van der Waals surface area contributed by atoms with Crippen molar-refractivity contribution in [3.8, 4) is 5.75 Å². The van der Waals surface area contributed by atoms with E-state index in [0.29, 0.717) is 6.54 Å². The molecule has 10 nitrogen and oxygen atoms in total. The second-order valence-electron chi connectivity index (χ2n) is 9.86. The number of rotatable bonds is 6. The van der Waals surface area contributed by atoms with E-state index >= 15 is 4.39 Å². The third kappa shape index (κ3) is 3.53. The second kappa shape index (κ2) is 8.99. The first-order chi connectivity index (χ1) is 16.9. The minimum Gasteiger partial charge on any atom is -0.508 e. The number of hydrogen-bond acceptors (Lipinski definition) is 9. The Bertz CT molecular complexity index is 1240. The Morgan fingerprint density at radius 3 is 2.53 bits per heavy atom. The Balaban J connectivity index is 1.90. The lowest BCUT2D eigenvalue weighted by Gasteiger charge is -2.50. The highest BCUT2D eigenvalue weighted by molar-refractivity contribution is 6.24. The largest absolute Gasteiger partial charge is 0.508 e. The van der Waals surface area contributed by atoms with Gasteiger partial charge in [0.15, 0.2) is 11.4 Å². The summed E-state index contributed by atoms with van der Waals surface area (Å²) in [4.78, 5) is 40.2. The predicted molar refractivity (Wildman–Crippen MR) is 126 cm³/mol. The Labute approximate surface area is 206 Å². The SMILES string of the molecule is CCCNCc1cc(O)c2c(c1F)C[C@H]1C[C@H]3[C@H](N(C)C)C(=O)C(C(N)=O)=C(O)[C@@]3(O)C(=O)C1=C2O. The van der Waals surface area contributed by atoms with Gasteiger partial charge in [-0.25, -0.2) is 4.39 Å². The fourth-order valence-corrected chi connectivity index (χ4v) is 5.88. The van der Waals surface area contributed by atoms with E-state index in [1.807, 2.05) is 6.92 Å². The van der Waals surface area contributed by atoms with Gasteiger partial charge < -0.3 is 31.5 Å². The van der Waals surface area contributed by atoms with E-state index in [9.17, 15) is 34.8 Å². The van der Waals surface area contributed by atoms with Crippen LogP contribution in [0.1, 0.15) is 36.5 Å². The Morgan fingerprint density at radius 2 is 1.94 bits per heavy atom. The van der Waals surface area contributed by atoms with Gasteiger partial charge in [0.1, 0.15) is 28.7 Å². The molecule has 4 atom stereocenters. The topological polar surface area (TPSA) is 173 Å². The summed E-state index contributed by atoms with van der Waals surface area (Å²) in [7, 11) is 3.03.